The summed E-state index contributed by atoms with van der Waals surface area (Å²) in [5, 5.41) is 11.0. The Bertz CT molecular complexity index is 673. The third-order valence-corrected chi connectivity index (χ3v) is 4.34. The van der Waals surface area contributed by atoms with Crippen LogP contribution in [0.3, 0.4) is 0 Å². The fraction of sp³-hybridized carbons (Fsp3) is 0.294. The number of benzene rings is 1. The van der Waals surface area contributed by atoms with E-state index in [0.717, 1.165) is 5.56 Å². The van der Waals surface area contributed by atoms with Crippen molar-refractivity contribution in [2.75, 3.05) is 0 Å². The van der Waals surface area contributed by atoms with Crippen molar-refractivity contribution in [3.8, 4) is 0 Å². The molecule has 0 bridgehead atoms. The van der Waals surface area contributed by atoms with Gasteiger partial charge < -0.3 is 9.84 Å². The third kappa shape index (κ3) is 2.14. The van der Waals surface area contributed by atoms with Crippen LogP contribution < -0.4 is 0 Å². The van der Waals surface area contributed by atoms with Crippen LogP contribution in [0.2, 0.25) is 0 Å². The molecule has 1 amide bonds. The predicted molar refractivity (Wildman–Crippen MR) is 80.7 cm³/mol. The standard InChI is InChI=1S/C17H18N2O3/c1-16(14-9-6-10-18-11-14)17(2,21)19(15(20)22-16)12-13-7-4-3-5-8-13/h3-11,21H,12H2,1-2H3. The van der Waals surface area contributed by atoms with Gasteiger partial charge in [0, 0.05) is 18.0 Å². The van der Waals surface area contributed by atoms with E-state index in [1.807, 2.05) is 30.3 Å². The first-order chi connectivity index (χ1) is 10.4. The molecule has 1 fully saturated rings. The first-order valence-electron chi connectivity index (χ1n) is 7.12. The molecule has 114 valence electrons. The summed E-state index contributed by atoms with van der Waals surface area (Å²) in [4.78, 5) is 17.7. The van der Waals surface area contributed by atoms with E-state index in [2.05, 4.69) is 4.98 Å². The van der Waals surface area contributed by atoms with Crippen molar-refractivity contribution in [3.63, 3.8) is 0 Å². The van der Waals surface area contributed by atoms with Crippen LogP contribution in [-0.2, 0) is 16.9 Å². The van der Waals surface area contributed by atoms with E-state index in [4.69, 9.17) is 4.74 Å². The topological polar surface area (TPSA) is 62.7 Å². The number of amides is 1. The summed E-state index contributed by atoms with van der Waals surface area (Å²) in [6.45, 7) is 3.57. The molecular weight excluding hydrogens is 280 g/mol. The Morgan fingerprint density at radius 1 is 1.18 bits per heavy atom. The maximum absolute atomic E-state index is 12.3. The molecule has 1 N–H and O–H groups in total. The van der Waals surface area contributed by atoms with Crippen LogP contribution in [0.15, 0.2) is 54.9 Å². The van der Waals surface area contributed by atoms with Gasteiger partial charge in [-0.2, -0.15) is 0 Å². The zero-order valence-corrected chi connectivity index (χ0v) is 12.6. The van der Waals surface area contributed by atoms with Crippen molar-refractivity contribution in [3.05, 3.63) is 66.0 Å². The molecular formula is C17H18N2O3. The predicted octanol–water partition coefficient (Wildman–Crippen LogP) is 2.66. The van der Waals surface area contributed by atoms with Crippen LogP contribution in [0, 0.1) is 0 Å². The third-order valence-electron chi connectivity index (χ3n) is 4.34. The highest BCUT2D eigenvalue weighted by Gasteiger charge is 2.60. The van der Waals surface area contributed by atoms with Crippen LogP contribution in [0.5, 0.6) is 0 Å². The number of aromatic nitrogens is 1. The highest BCUT2D eigenvalue weighted by atomic mass is 16.6. The minimum absolute atomic E-state index is 0.280. The molecule has 1 aromatic carbocycles. The number of nitrogens with zero attached hydrogens (tertiary/aromatic N) is 2. The zero-order chi connectivity index (χ0) is 15.8. The number of pyridine rings is 1. The van der Waals surface area contributed by atoms with Crippen molar-refractivity contribution < 1.29 is 14.6 Å². The maximum Gasteiger partial charge on any atom is 0.413 e. The molecule has 5 nitrogen and oxygen atoms in total. The molecule has 1 saturated heterocycles. The van der Waals surface area contributed by atoms with Crippen LogP contribution in [-0.4, -0.2) is 26.8 Å². The van der Waals surface area contributed by atoms with Gasteiger partial charge in [0.15, 0.2) is 11.3 Å². The quantitative estimate of drug-likeness (QED) is 0.946. The Hall–Kier alpha value is -2.40. The average Bonchev–Trinajstić information content (AvgIpc) is 2.70. The van der Waals surface area contributed by atoms with Crippen molar-refractivity contribution in [2.24, 2.45) is 0 Å². The molecule has 2 unspecified atom stereocenters. The Labute approximate surface area is 129 Å². The second-order valence-corrected chi connectivity index (χ2v) is 5.74. The molecule has 1 aliphatic rings. The van der Waals surface area contributed by atoms with Gasteiger partial charge >= 0.3 is 6.09 Å². The smallest absolute Gasteiger partial charge is 0.413 e. The summed E-state index contributed by atoms with van der Waals surface area (Å²) in [5.41, 5.74) is -1.07. The molecule has 2 aromatic rings. The van der Waals surface area contributed by atoms with Gasteiger partial charge in [0.25, 0.3) is 0 Å². The molecule has 2 atom stereocenters. The molecule has 0 saturated carbocycles. The normalized spacial score (nSPS) is 27.8. The zero-order valence-electron chi connectivity index (χ0n) is 12.6. The van der Waals surface area contributed by atoms with E-state index in [1.54, 1.807) is 38.4 Å². The summed E-state index contributed by atoms with van der Waals surface area (Å²) < 4.78 is 5.53. The van der Waals surface area contributed by atoms with Gasteiger partial charge in [-0.3, -0.25) is 9.88 Å². The second kappa shape index (κ2) is 5.10. The first-order valence-corrected chi connectivity index (χ1v) is 7.12. The molecule has 3 rings (SSSR count). The van der Waals surface area contributed by atoms with E-state index in [0.29, 0.717) is 5.56 Å². The minimum atomic E-state index is -1.48. The lowest BCUT2D eigenvalue weighted by Gasteiger charge is -2.37. The van der Waals surface area contributed by atoms with Gasteiger partial charge in [-0.1, -0.05) is 36.4 Å². The molecule has 2 heterocycles. The van der Waals surface area contributed by atoms with Crippen molar-refractivity contribution in [1.29, 1.82) is 0 Å². The van der Waals surface area contributed by atoms with E-state index in [-0.39, 0.29) is 6.54 Å². The van der Waals surface area contributed by atoms with E-state index in [1.165, 1.54) is 4.90 Å². The number of aliphatic hydroxyl groups is 1. The number of carbonyl (C=O) groups is 1. The van der Waals surface area contributed by atoms with Gasteiger partial charge in [-0.25, -0.2) is 4.79 Å². The van der Waals surface area contributed by atoms with Crippen LogP contribution in [0.25, 0.3) is 0 Å². The van der Waals surface area contributed by atoms with Crippen molar-refractivity contribution >= 4 is 6.09 Å². The van der Waals surface area contributed by atoms with E-state index in [9.17, 15) is 9.90 Å². The molecule has 5 heteroatoms. The molecule has 0 aliphatic carbocycles. The first kappa shape index (κ1) is 14.5. The summed E-state index contributed by atoms with van der Waals surface area (Å²) in [6, 6.07) is 13.1. The summed E-state index contributed by atoms with van der Waals surface area (Å²) in [5.74, 6) is 0. The van der Waals surface area contributed by atoms with Crippen LogP contribution >= 0.6 is 0 Å². The monoisotopic (exact) mass is 298 g/mol. The van der Waals surface area contributed by atoms with Gasteiger partial charge in [0.2, 0.25) is 0 Å². The molecule has 1 aliphatic heterocycles. The Morgan fingerprint density at radius 3 is 2.55 bits per heavy atom. The highest BCUT2D eigenvalue weighted by molar-refractivity contribution is 5.72. The molecule has 1 aromatic heterocycles. The number of rotatable bonds is 3. The Morgan fingerprint density at radius 2 is 1.91 bits per heavy atom. The average molecular weight is 298 g/mol. The number of hydrogen-bond acceptors (Lipinski definition) is 4. The summed E-state index contributed by atoms with van der Waals surface area (Å²) >= 11 is 0. The number of cyclic esters (lactones) is 1. The number of hydrogen-bond donors (Lipinski definition) is 1. The van der Waals surface area contributed by atoms with Crippen molar-refractivity contribution in [2.45, 2.75) is 31.7 Å². The summed E-state index contributed by atoms with van der Waals surface area (Å²) in [7, 11) is 0. The number of carbonyl (C=O) groups excluding carboxylic acids is 1. The van der Waals surface area contributed by atoms with E-state index < -0.39 is 17.4 Å². The van der Waals surface area contributed by atoms with Gasteiger partial charge in [-0.15, -0.1) is 0 Å². The van der Waals surface area contributed by atoms with E-state index >= 15 is 0 Å². The van der Waals surface area contributed by atoms with Gasteiger partial charge in [0.1, 0.15) is 0 Å². The lowest BCUT2D eigenvalue weighted by atomic mass is 9.86. The Kier molecular flexibility index (Phi) is 3.37. The highest BCUT2D eigenvalue weighted by Crippen LogP contribution is 2.45. The SMILES string of the molecule is CC1(c2cccnc2)OC(=O)N(Cc2ccccc2)C1(C)O. The lowest BCUT2D eigenvalue weighted by molar-refractivity contribution is -0.143. The maximum atomic E-state index is 12.3. The second-order valence-electron chi connectivity index (χ2n) is 5.74. The van der Waals surface area contributed by atoms with Gasteiger partial charge in [0.05, 0.1) is 6.54 Å². The minimum Gasteiger partial charge on any atom is -0.433 e. The molecule has 0 spiro atoms. The van der Waals surface area contributed by atoms with Crippen molar-refractivity contribution in [1.82, 2.24) is 9.88 Å². The number of ether oxygens (including phenoxy) is 1. The summed E-state index contributed by atoms with van der Waals surface area (Å²) in [6.07, 6.45) is 2.70. The van der Waals surface area contributed by atoms with Crippen LogP contribution in [0.4, 0.5) is 4.79 Å². The molecule has 0 radical (unpaired) electrons. The van der Waals surface area contributed by atoms with Gasteiger partial charge in [-0.05, 0) is 25.5 Å². The fourth-order valence-corrected chi connectivity index (χ4v) is 2.72. The molecule has 22 heavy (non-hydrogen) atoms. The largest absolute Gasteiger partial charge is 0.433 e. The van der Waals surface area contributed by atoms with Crippen LogP contribution in [0.1, 0.15) is 25.0 Å². The lowest BCUT2D eigenvalue weighted by Crippen LogP contribution is -2.53. The Balaban J connectivity index is 1.96. The fourth-order valence-electron chi connectivity index (χ4n) is 2.72.